The number of aryl methyl sites for hydroxylation is 1. The molecule has 162 valence electrons. The first kappa shape index (κ1) is 21.5. The number of rotatable bonds is 5. The first-order valence-corrected chi connectivity index (χ1v) is 9.90. The number of likely N-dealkylation sites (tertiary alicyclic amines) is 1. The zero-order chi connectivity index (χ0) is 21.0. The van der Waals surface area contributed by atoms with Gasteiger partial charge >= 0.3 is 12.2 Å². The predicted molar refractivity (Wildman–Crippen MR) is 99.2 cm³/mol. The van der Waals surface area contributed by atoms with Crippen LogP contribution >= 0.6 is 0 Å². The molecule has 2 saturated heterocycles. The molecule has 0 aromatic carbocycles. The Kier molecular flexibility index (Phi) is 6.71. The minimum atomic E-state index is -4.51. The Morgan fingerprint density at radius 3 is 2.24 bits per heavy atom. The molecule has 1 N–H and O–H groups in total. The molecule has 1 aromatic rings. The summed E-state index contributed by atoms with van der Waals surface area (Å²) in [5.74, 6) is 0.683. The number of amides is 3. The highest BCUT2D eigenvalue weighted by molar-refractivity contribution is 5.78. The van der Waals surface area contributed by atoms with Crippen molar-refractivity contribution in [1.29, 1.82) is 0 Å². The van der Waals surface area contributed by atoms with E-state index in [2.05, 4.69) is 10.2 Å². The molecule has 3 amide bonds. The summed E-state index contributed by atoms with van der Waals surface area (Å²) in [6, 6.07) is 3.50. The number of furan rings is 1. The predicted octanol–water partition coefficient (Wildman–Crippen LogP) is 2.53. The van der Waals surface area contributed by atoms with Gasteiger partial charge in [0.05, 0.1) is 6.04 Å². The van der Waals surface area contributed by atoms with E-state index in [1.807, 2.05) is 19.1 Å². The van der Waals surface area contributed by atoms with Crippen LogP contribution in [0, 0.1) is 6.92 Å². The molecule has 0 saturated carbocycles. The van der Waals surface area contributed by atoms with Crippen molar-refractivity contribution in [2.75, 3.05) is 45.8 Å². The van der Waals surface area contributed by atoms with Gasteiger partial charge in [-0.15, -0.1) is 0 Å². The molecule has 10 heteroatoms. The fourth-order valence-corrected chi connectivity index (χ4v) is 3.83. The number of hydrogen-bond acceptors (Lipinski definition) is 4. The third kappa shape index (κ3) is 5.88. The number of carbonyl (C=O) groups is 2. The van der Waals surface area contributed by atoms with E-state index in [0.29, 0.717) is 6.54 Å². The second kappa shape index (κ2) is 9.06. The van der Waals surface area contributed by atoms with Crippen molar-refractivity contribution >= 4 is 11.9 Å². The summed E-state index contributed by atoms with van der Waals surface area (Å²) in [6.07, 6.45) is -3.75. The molecule has 0 bridgehead atoms. The van der Waals surface area contributed by atoms with Crippen LogP contribution in [0.25, 0.3) is 0 Å². The molecule has 3 rings (SSSR count). The van der Waals surface area contributed by atoms with Crippen molar-refractivity contribution < 1.29 is 27.2 Å². The van der Waals surface area contributed by atoms with Gasteiger partial charge in [-0.2, -0.15) is 13.2 Å². The molecule has 1 aromatic heterocycles. The van der Waals surface area contributed by atoms with Crippen molar-refractivity contribution in [3.8, 4) is 0 Å². The quantitative estimate of drug-likeness (QED) is 0.801. The average Bonchev–Trinajstić information content (AvgIpc) is 3.33. The van der Waals surface area contributed by atoms with Gasteiger partial charge in [-0.1, -0.05) is 0 Å². The maximum atomic E-state index is 12.5. The summed E-state index contributed by atoms with van der Waals surface area (Å²) in [5, 5.41) is 2.92. The van der Waals surface area contributed by atoms with Crippen LogP contribution in [0.4, 0.5) is 18.0 Å². The topological polar surface area (TPSA) is 69.0 Å². The highest BCUT2D eigenvalue weighted by atomic mass is 19.4. The molecule has 0 spiro atoms. The van der Waals surface area contributed by atoms with Crippen molar-refractivity contribution in [2.24, 2.45) is 0 Å². The van der Waals surface area contributed by atoms with E-state index in [9.17, 15) is 22.8 Å². The van der Waals surface area contributed by atoms with Crippen LogP contribution in [-0.4, -0.2) is 78.6 Å². The fourth-order valence-electron chi connectivity index (χ4n) is 3.83. The minimum absolute atomic E-state index is 0.0511. The maximum absolute atomic E-state index is 12.5. The van der Waals surface area contributed by atoms with E-state index in [-0.39, 0.29) is 38.3 Å². The number of hydrogen-bond donors (Lipinski definition) is 1. The van der Waals surface area contributed by atoms with Crippen LogP contribution in [0.15, 0.2) is 16.5 Å². The lowest BCUT2D eigenvalue weighted by molar-refractivity contribution is -0.162. The summed E-state index contributed by atoms with van der Waals surface area (Å²) in [5.41, 5.74) is 0. The van der Waals surface area contributed by atoms with Crippen molar-refractivity contribution in [3.05, 3.63) is 23.7 Å². The Hall–Kier alpha value is -2.23. The number of nitrogens with one attached hydrogen (secondary N) is 1. The molecule has 1 atom stereocenters. The maximum Gasteiger partial charge on any atom is 0.397 e. The van der Waals surface area contributed by atoms with Crippen LogP contribution in [0.3, 0.4) is 0 Å². The van der Waals surface area contributed by atoms with Crippen LogP contribution in [0.5, 0.6) is 0 Å². The highest BCUT2D eigenvalue weighted by Crippen LogP contribution is 2.26. The number of halogens is 3. The smallest absolute Gasteiger partial charge is 0.397 e. The normalized spacial score (nSPS) is 19.4. The van der Waals surface area contributed by atoms with Gasteiger partial charge in [0.25, 0.3) is 0 Å². The number of piperazine rings is 1. The van der Waals surface area contributed by atoms with E-state index in [1.54, 1.807) is 0 Å². The molecule has 2 fully saturated rings. The Labute approximate surface area is 167 Å². The average molecular weight is 416 g/mol. The van der Waals surface area contributed by atoms with Crippen LogP contribution in [-0.2, 0) is 4.79 Å². The van der Waals surface area contributed by atoms with Gasteiger partial charge in [-0.3, -0.25) is 9.69 Å². The Balaban J connectivity index is 1.50. The second-order valence-electron chi connectivity index (χ2n) is 7.55. The van der Waals surface area contributed by atoms with E-state index >= 15 is 0 Å². The van der Waals surface area contributed by atoms with Gasteiger partial charge in [0.15, 0.2) is 0 Å². The lowest BCUT2D eigenvalue weighted by Crippen LogP contribution is -2.54. The zero-order valence-corrected chi connectivity index (χ0v) is 16.5. The van der Waals surface area contributed by atoms with Gasteiger partial charge in [0.1, 0.15) is 17.9 Å². The molecular weight excluding hydrogens is 389 g/mol. The molecule has 3 heterocycles. The molecule has 7 nitrogen and oxygen atoms in total. The lowest BCUT2D eigenvalue weighted by Gasteiger charge is -2.35. The molecular formula is C19H27F3N4O3. The summed E-state index contributed by atoms with van der Waals surface area (Å²) in [6.45, 7) is 4.79. The number of nitrogens with zero attached hydrogens (tertiary/aromatic N) is 3. The van der Waals surface area contributed by atoms with Crippen LogP contribution in [0.2, 0.25) is 0 Å². The van der Waals surface area contributed by atoms with Gasteiger partial charge in [0.2, 0.25) is 5.91 Å². The first-order valence-electron chi connectivity index (χ1n) is 9.90. The Morgan fingerprint density at radius 2 is 1.69 bits per heavy atom. The monoisotopic (exact) mass is 416 g/mol. The van der Waals surface area contributed by atoms with Crippen molar-refractivity contribution in [3.63, 3.8) is 0 Å². The third-order valence-electron chi connectivity index (χ3n) is 5.39. The molecule has 1 unspecified atom stereocenters. The SMILES string of the molecule is Cc1ccc(C(CNC(=O)N2CCN(C(=O)CC(F)(F)F)CC2)N2CCCC2)o1. The van der Waals surface area contributed by atoms with Crippen LogP contribution in [0.1, 0.15) is 36.8 Å². The second-order valence-corrected chi connectivity index (χ2v) is 7.55. The Morgan fingerprint density at radius 1 is 1.07 bits per heavy atom. The number of alkyl halides is 3. The van der Waals surface area contributed by atoms with Crippen LogP contribution < -0.4 is 5.32 Å². The van der Waals surface area contributed by atoms with Gasteiger partial charge in [0, 0.05) is 32.7 Å². The van der Waals surface area contributed by atoms with E-state index in [0.717, 1.165) is 42.4 Å². The zero-order valence-electron chi connectivity index (χ0n) is 16.5. The summed E-state index contributed by atoms with van der Waals surface area (Å²) in [4.78, 5) is 29.2. The number of urea groups is 1. The van der Waals surface area contributed by atoms with E-state index < -0.39 is 18.5 Å². The van der Waals surface area contributed by atoms with Gasteiger partial charge in [-0.05, 0) is 45.0 Å². The van der Waals surface area contributed by atoms with Crippen molar-refractivity contribution in [1.82, 2.24) is 20.0 Å². The highest BCUT2D eigenvalue weighted by Gasteiger charge is 2.35. The summed E-state index contributed by atoms with van der Waals surface area (Å²) in [7, 11) is 0. The van der Waals surface area contributed by atoms with Gasteiger partial charge < -0.3 is 19.5 Å². The lowest BCUT2D eigenvalue weighted by atomic mass is 10.2. The Bertz CT molecular complexity index is 708. The fraction of sp³-hybridized carbons (Fsp3) is 0.684. The third-order valence-corrected chi connectivity index (χ3v) is 5.39. The van der Waals surface area contributed by atoms with E-state index in [4.69, 9.17) is 4.42 Å². The van der Waals surface area contributed by atoms with Gasteiger partial charge in [-0.25, -0.2) is 4.79 Å². The molecule has 29 heavy (non-hydrogen) atoms. The summed E-state index contributed by atoms with van der Waals surface area (Å²) < 4.78 is 42.9. The first-order chi connectivity index (χ1) is 13.7. The standard InChI is InChI=1S/C19H27F3N4O3/c1-14-4-5-16(29-14)15(24-6-2-3-7-24)13-23-18(28)26-10-8-25(9-11-26)17(27)12-19(20,21)22/h4-5,15H,2-3,6-13H2,1H3,(H,23,28). The summed E-state index contributed by atoms with van der Waals surface area (Å²) >= 11 is 0. The molecule has 0 aliphatic carbocycles. The molecule has 0 radical (unpaired) electrons. The number of carbonyl (C=O) groups excluding carboxylic acids is 2. The van der Waals surface area contributed by atoms with Crippen molar-refractivity contribution in [2.45, 2.75) is 38.4 Å². The largest absolute Gasteiger partial charge is 0.465 e. The minimum Gasteiger partial charge on any atom is -0.465 e. The molecule has 2 aliphatic rings. The molecule has 2 aliphatic heterocycles. The van der Waals surface area contributed by atoms with E-state index in [1.165, 1.54) is 4.90 Å².